The summed E-state index contributed by atoms with van der Waals surface area (Å²) < 4.78 is 0. The number of nitrogens with one attached hydrogen (secondary N) is 1. The van der Waals surface area contributed by atoms with Crippen molar-refractivity contribution in [3.8, 4) is 0 Å². The van der Waals surface area contributed by atoms with Crippen molar-refractivity contribution >= 4 is 17.3 Å². The first-order chi connectivity index (χ1) is 9.99. The van der Waals surface area contributed by atoms with Crippen LogP contribution in [-0.2, 0) is 0 Å². The summed E-state index contributed by atoms with van der Waals surface area (Å²) in [5.74, 6) is -0.706. The first-order valence-electron chi connectivity index (χ1n) is 6.24. The number of benzene rings is 1. The molecule has 1 heterocycles. The molecule has 0 aliphatic carbocycles. The van der Waals surface area contributed by atoms with Gasteiger partial charge in [-0.3, -0.25) is 19.9 Å². The summed E-state index contributed by atoms with van der Waals surface area (Å²) in [5.41, 5.74) is 6.09. The van der Waals surface area contributed by atoms with Crippen molar-refractivity contribution < 1.29 is 9.72 Å². The number of pyridine rings is 1. The second-order valence-corrected chi connectivity index (χ2v) is 4.47. The summed E-state index contributed by atoms with van der Waals surface area (Å²) in [6.07, 6.45) is 1.65. The zero-order chi connectivity index (χ0) is 15.4. The number of nitrogens with two attached hydrogens (primary N) is 1. The monoisotopic (exact) mass is 286 g/mol. The van der Waals surface area contributed by atoms with Crippen molar-refractivity contribution in [1.82, 2.24) is 4.98 Å². The van der Waals surface area contributed by atoms with Crippen molar-refractivity contribution in [2.24, 2.45) is 5.73 Å². The average molecular weight is 286 g/mol. The van der Waals surface area contributed by atoms with Crippen LogP contribution in [0, 0.1) is 10.1 Å². The molecule has 0 bridgehead atoms. The van der Waals surface area contributed by atoms with Crippen LogP contribution in [0.4, 0.5) is 11.4 Å². The Kier molecular flexibility index (Phi) is 4.13. The number of aromatic nitrogens is 1. The minimum Gasteiger partial charge on any atom is -0.371 e. The summed E-state index contributed by atoms with van der Waals surface area (Å²) in [6.45, 7) is 1.84. The summed E-state index contributed by atoms with van der Waals surface area (Å²) in [6, 6.07) is 9.31. The van der Waals surface area contributed by atoms with Crippen LogP contribution in [0.5, 0.6) is 0 Å². The molecule has 0 fully saturated rings. The van der Waals surface area contributed by atoms with Crippen LogP contribution in [0.15, 0.2) is 42.6 Å². The molecule has 108 valence electrons. The molecule has 0 aliphatic heterocycles. The Bertz CT molecular complexity index is 673. The van der Waals surface area contributed by atoms with Crippen LogP contribution in [0.2, 0.25) is 0 Å². The predicted molar refractivity (Wildman–Crippen MR) is 77.9 cm³/mol. The van der Waals surface area contributed by atoms with Gasteiger partial charge in [-0.2, -0.15) is 0 Å². The second-order valence-electron chi connectivity index (χ2n) is 4.47. The smallest absolute Gasteiger partial charge is 0.293 e. The standard InChI is InChI=1S/C14H14N4O3/c1-9(11-4-2-3-7-16-11)17-12-6-5-10(14(15)19)8-13(12)18(20)21/h2-9,17H,1H3,(H2,15,19). The third kappa shape index (κ3) is 3.33. The van der Waals surface area contributed by atoms with Gasteiger partial charge in [-0.05, 0) is 31.2 Å². The van der Waals surface area contributed by atoms with Gasteiger partial charge in [0.2, 0.25) is 5.91 Å². The van der Waals surface area contributed by atoms with Crippen molar-refractivity contribution in [2.45, 2.75) is 13.0 Å². The average Bonchev–Trinajstić information content (AvgIpc) is 2.48. The lowest BCUT2D eigenvalue weighted by Crippen LogP contribution is -2.13. The zero-order valence-electron chi connectivity index (χ0n) is 11.3. The highest BCUT2D eigenvalue weighted by Crippen LogP contribution is 2.28. The van der Waals surface area contributed by atoms with E-state index in [2.05, 4.69) is 10.3 Å². The Morgan fingerprint density at radius 3 is 2.71 bits per heavy atom. The largest absolute Gasteiger partial charge is 0.371 e. The molecule has 0 saturated heterocycles. The van der Waals surface area contributed by atoms with Crippen molar-refractivity contribution in [2.75, 3.05) is 5.32 Å². The molecule has 0 aliphatic rings. The molecule has 1 atom stereocenters. The van der Waals surface area contributed by atoms with E-state index in [1.165, 1.54) is 12.1 Å². The van der Waals surface area contributed by atoms with Gasteiger partial charge in [0.25, 0.3) is 5.69 Å². The molecule has 3 N–H and O–H groups in total. The molecule has 0 spiro atoms. The maximum Gasteiger partial charge on any atom is 0.293 e. The maximum absolute atomic E-state index is 11.1. The molecule has 7 nitrogen and oxygen atoms in total. The molecule has 21 heavy (non-hydrogen) atoms. The second kappa shape index (κ2) is 6.00. The topological polar surface area (TPSA) is 111 Å². The fourth-order valence-corrected chi connectivity index (χ4v) is 1.90. The van der Waals surface area contributed by atoms with Gasteiger partial charge in [0, 0.05) is 17.8 Å². The number of hydrogen-bond donors (Lipinski definition) is 2. The molecule has 1 amide bonds. The van der Waals surface area contributed by atoms with Gasteiger partial charge in [-0.15, -0.1) is 0 Å². The highest BCUT2D eigenvalue weighted by molar-refractivity contribution is 5.94. The van der Waals surface area contributed by atoms with Crippen LogP contribution in [0.3, 0.4) is 0 Å². The van der Waals surface area contributed by atoms with E-state index in [1.54, 1.807) is 12.3 Å². The molecule has 1 aromatic heterocycles. The minimum atomic E-state index is -0.706. The van der Waals surface area contributed by atoms with Gasteiger partial charge in [-0.25, -0.2) is 0 Å². The van der Waals surface area contributed by atoms with E-state index in [4.69, 9.17) is 5.73 Å². The van der Waals surface area contributed by atoms with Crippen LogP contribution in [-0.4, -0.2) is 15.8 Å². The summed E-state index contributed by atoms with van der Waals surface area (Å²) in [5, 5.41) is 14.1. The molecular formula is C14H14N4O3. The molecule has 2 aromatic rings. The zero-order valence-corrected chi connectivity index (χ0v) is 11.3. The highest BCUT2D eigenvalue weighted by atomic mass is 16.6. The van der Waals surface area contributed by atoms with Gasteiger partial charge in [0.15, 0.2) is 0 Å². The third-order valence-electron chi connectivity index (χ3n) is 2.98. The van der Waals surface area contributed by atoms with E-state index < -0.39 is 10.8 Å². The number of nitrogens with zero attached hydrogens (tertiary/aromatic N) is 2. The van der Waals surface area contributed by atoms with Gasteiger partial charge < -0.3 is 11.1 Å². The number of nitro groups is 1. The van der Waals surface area contributed by atoms with E-state index in [0.717, 1.165) is 11.8 Å². The Hall–Kier alpha value is -2.96. The number of rotatable bonds is 5. The molecule has 0 radical (unpaired) electrons. The molecule has 1 aromatic carbocycles. The lowest BCUT2D eigenvalue weighted by atomic mass is 10.1. The van der Waals surface area contributed by atoms with Crippen LogP contribution < -0.4 is 11.1 Å². The fraction of sp³-hybridized carbons (Fsp3) is 0.143. The number of nitro benzene ring substituents is 1. The predicted octanol–water partition coefficient (Wildman–Crippen LogP) is 2.26. The van der Waals surface area contributed by atoms with Crippen molar-refractivity contribution in [3.05, 3.63) is 64.0 Å². The lowest BCUT2D eigenvalue weighted by molar-refractivity contribution is -0.384. The number of carbonyl (C=O) groups is 1. The maximum atomic E-state index is 11.1. The summed E-state index contributed by atoms with van der Waals surface area (Å²) >= 11 is 0. The number of anilines is 1. The number of primary amides is 1. The number of carbonyl (C=O) groups excluding carboxylic acids is 1. The Morgan fingerprint density at radius 2 is 2.14 bits per heavy atom. The minimum absolute atomic E-state index is 0.0951. The molecule has 2 rings (SSSR count). The highest BCUT2D eigenvalue weighted by Gasteiger charge is 2.18. The van der Waals surface area contributed by atoms with Crippen LogP contribution >= 0.6 is 0 Å². The fourth-order valence-electron chi connectivity index (χ4n) is 1.90. The van der Waals surface area contributed by atoms with E-state index in [1.807, 2.05) is 19.1 Å². The van der Waals surface area contributed by atoms with Gasteiger partial charge in [0.05, 0.1) is 16.7 Å². The Morgan fingerprint density at radius 1 is 1.38 bits per heavy atom. The van der Waals surface area contributed by atoms with Crippen molar-refractivity contribution in [1.29, 1.82) is 0 Å². The van der Waals surface area contributed by atoms with Crippen LogP contribution in [0.1, 0.15) is 29.0 Å². The van der Waals surface area contributed by atoms with E-state index in [-0.39, 0.29) is 17.3 Å². The first-order valence-corrected chi connectivity index (χ1v) is 6.24. The quantitative estimate of drug-likeness (QED) is 0.646. The first kappa shape index (κ1) is 14.4. The lowest BCUT2D eigenvalue weighted by Gasteiger charge is -2.15. The summed E-state index contributed by atoms with van der Waals surface area (Å²) in [7, 11) is 0. The van der Waals surface area contributed by atoms with Gasteiger partial charge in [0.1, 0.15) is 5.69 Å². The number of hydrogen-bond acceptors (Lipinski definition) is 5. The molecule has 0 saturated carbocycles. The summed E-state index contributed by atoms with van der Waals surface area (Å²) in [4.78, 5) is 25.8. The van der Waals surface area contributed by atoms with Gasteiger partial charge >= 0.3 is 0 Å². The SMILES string of the molecule is CC(Nc1ccc(C(N)=O)cc1[N+](=O)[O-])c1ccccn1. The van der Waals surface area contributed by atoms with Crippen LogP contribution in [0.25, 0.3) is 0 Å². The van der Waals surface area contributed by atoms with E-state index >= 15 is 0 Å². The van der Waals surface area contributed by atoms with Crippen molar-refractivity contribution in [3.63, 3.8) is 0 Å². The molecule has 7 heteroatoms. The molecule has 1 unspecified atom stereocenters. The third-order valence-corrected chi connectivity index (χ3v) is 2.98. The normalized spacial score (nSPS) is 11.7. The van der Waals surface area contributed by atoms with Gasteiger partial charge in [-0.1, -0.05) is 6.07 Å². The molecular weight excluding hydrogens is 272 g/mol. The Labute approximate surface area is 121 Å². The Balaban J connectivity index is 2.31. The van der Waals surface area contributed by atoms with E-state index in [9.17, 15) is 14.9 Å². The number of amides is 1. The van der Waals surface area contributed by atoms with E-state index in [0.29, 0.717) is 5.69 Å².